The Morgan fingerprint density at radius 3 is 2.73 bits per heavy atom. The molecular weight excluding hydrogens is 186 g/mol. The van der Waals surface area contributed by atoms with E-state index in [0.29, 0.717) is 6.61 Å². The Balaban J connectivity index is 1.97. The van der Waals surface area contributed by atoms with E-state index in [1.807, 2.05) is 6.07 Å². The van der Waals surface area contributed by atoms with Crippen molar-refractivity contribution in [3.8, 4) is 0 Å². The molecule has 1 heterocycles. The number of hydrogen-bond donors (Lipinski definition) is 2. The van der Waals surface area contributed by atoms with Crippen molar-refractivity contribution in [2.75, 3.05) is 6.61 Å². The SMILES string of the molecule is OCCCCCc1cc2ccccc2[nH]1. The zero-order chi connectivity index (χ0) is 10.5. The predicted octanol–water partition coefficient (Wildman–Crippen LogP) is 2.87. The van der Waals surface area contributed by atoms with Gasteiger partial charge in [0.25, 0.3) is 0 Å². The number of nitrogens with one attached hydrogen (secondary N) is 1. The van der Waals surface area contributed by atoms with Crippen LogP contribution in [0.5, 0.6) is 0 Å². The zero-order valence-electron chi connectivity index (χ0n) is 8.87. The van der Waals surface area contributed by atoms with Gasteiger partial charge in [0.1, 0.15) is 0 Å². The van der Waals surface area contributed by atoms with E-state index >= 15 is 0 Å². The summed E-state index contributed by atoms with van der Waals surface area (Å²) in [6.45, 7) is 0.312. The zero-order valence-corrected chi connectivity index (χ0v) is 8.87. The quantitative estimate of drug-likeness (QED) is 0.720. The maximum absolute atomic E-state index is 8.67. The smallest absolute Gasteiger partial charge is 0.0456 e. The minimum Gasteiger partial charge on any atom is -0.396 e. The van der Waals surface area contributed by atoms with Crippen molar-refractivity contribution in [1.82, 2.24) is 4.98 Å². The molecule has 0 atom stereocenters. The number of aliphatic hydroxyl groups excluding tert-OH is 1. The largest absolute Gasteiger partial charge is 0.396 e. The molecule has 0 saturated carbocycles. The Kier molecular flexibility index (Phi) is 3.41. The van der Waals surface area contributed by atoms with Gasteiger partial charge in [0, 0.05) is 17.8 Å². The summed E-state index contributed by atoms with van der Waals surface area (Å²) in [5.74, 6) is 0. The highest BCUT2D eigenvalue weighted by atomic mass is 16.2. The molecule has 0 saturated heterocycles. The van der Waals surface area contributed by atoms with Gasteiger partial charge in [0.2, 0.25) is 0 Å². The van der Waals surface area contributed by atoms with Crippen molar-refractivity contribution in [2.45, 2.75) is 25.7 Å². The van der Waals surface area contributed by atoms with Crippen LogP contribution in [0.1, 0.15) is 25.0 Å². The van der Waals surface area contributed by atoms with Gasteiger partial charge >= 0.3 is 0 Å². The molecule has 2 nitrogen and oxygen atoms in total. The highest BCUT2D eigenvalue weighted by molar-refractivity contribution is 5.80. The average molecular weight is 203 g/mol. The van der Waals surface area contributed by atoms with Gasteiger partial charge in [0.05, 0.1) is 0 Å². The van der Waals surface area contributed by atoms with Crippen LogP contribution in [0.2, 0.25) is 0 Å². The highest BCUT2D eigenvalue weighted by Crippen LogP contribution is 2.16. The van der Waals surface area contributed by atoms with Crippen molar-refractivity contribution in [1.29, 1.82) is 0 Å². The number of fused-ring (bicyclic) bond motifs is 1. The number of H-pyrrole nitrogens is 1. The van der Waals surface area contributed by atoms with Crippen LogP contribution >= 0.6 is 0 Å². The summed E-state index contributed by atoms with van der Waals surface area (Å²) in [5.41, 5.74) is 2.52. The van der Waals surface area contributed by atoms with Gasteiger partial charge in [-0.1, -0.05) is 24.6 Å². The first-order valence-electron chi connectivity index (χ1n) is 5.57. The van der Waals surface area contributed by atoms with Crippen molar-refractivity contribution >= 4 is 10.9 Å². The van der Waals surface area contributed by atoms with E-state index < -0.39 is 0 Å². The lowest BCUT2D eigenvalue weighted by atomic mass is 10.1. The summed E-state index contributed by atoms with van der Waals surface area (Å²) in [6.07, 6.45) is 4.24. The molecule has 1 aromatic heterocycles. The van der Waals surface area contributed by atoms with Crippen molar-refractivity contribution in [3.63, 3.8) is 0 Å². The molecule has 2 aromatic rings. The number of unbranched alkanes of at least 4 members (excludes halogenated alkanes) is 2. The molecule has 0 amide bonds. The number of aromatic amines is 1. The van der Waals surface area contributed by atoms with Gasteiger partial charge in [-0.15, -0.1) is 0 Å². The van der Waals surface area contributed by atoms with Gasteiger partial charge < -0.3 is 10.1 Å². The number of aryl methyl sites for hydroxylation is 1. The Bertz CT molecular complexity index is 386. The van der Waals surface area contributed by atoms with Crippen LogP contribution in [0.25, 0.3) is 10.9 Å². The molecule has 2 heteroatoms. The fourth-order valence-electron chi connectivity index (χ4n) is 1.87. The lowest BCUT2D eigenvalue weighted by Crippen LogP contribution is -1.87. The summed E-state index contributed by atoms with van der Waals surface area (Å²) in [7, 11) is 0. The molecule has 1 aromatic carbocycles. The first-order valence-corrected chi connectivity index (χ1v) is 5.57. The van der Waals surface area contributed by atoms with Crippen LogP contribution in [-0.4, -0.2) is 16.7 Å². The second-order valence-corrected chi connectivity index (χ2v) is 3.92. The molecule has 0 aliphatic heterocycles. The normalized spacial score (nSPS) is 11.0. The van der Waals surface area contributed by atoms with Crippen LogP contribution in [-0.2, 0) is 6.42 Å². The van der Waals surface area contributed by atoms with Crippen LogP contribution in [0.3, 0.4) is 0 Å². The highest BCUT2D eigenvalue weighted by Gasteiger charge is 1.99. The molecule has 0 bridgehead atoms. The lowest BCUT2D eigenvalue weighted by molar-refractivity contribution is 0.283. The molecule has 0 radical (unpaired) electrons. The summed E-state index contributed by atoms with van der Waals surface area (Å²) >= 11 is 0. The van der Waals surface area contributed by atoms with Crippen LogP contribution < -0.4 is 0 Å². The average Bonchev–Trinajstić information content (AvgIpc) is 2.67. The summed E-state index contributed by atoms with van der Waals surface area (Å²) < 4.78 is 0. The van der Waals surface area contributed by atoms with Gasteiger partial charge in [-0.05, 0) is 36.8 Å². The van der Waals surface area contributed by atoms with E-state index in [9.17, 15) is 0 Å². The van der Waals surface area contributed by atoms with E-state index in [-0.39, 0.29) is 0 Å². The first kappa shape index (κ1) is 10.2. The van der Waals surface area contributed by atoms with E-state index in [0.717, 1.165) is 25.7 Å². The van der Waals surface area contributed by atoms with Gasteiger partial charge in [-0.3, -0.25) is 0 Å². The number of rotatable bonds is 5. The second-order valence-electron chi connectivity index (χ2n) is 3.92. The maximum atomic E-state index is 8.67. The van der Waals surface area contributed by atoms with Crippen molar-refractivity contribution < 1.29 is 5.11 Å². The van der Waals surface area contributed by atoms with E-state index in [2.05, 4.69) is 29.2 Å². The molecule has 0 aliphatic carbocycles. The van der Waals surface area contributed by atoms with Crippen LogP contribution in [0.4, 0.5) is 0 Å². The molecule has 2 rings (SSSR count). The summed E-state index contributed by atoms with van der Waals surface area (Å²) in [5, 5.41) is 9.96. The van der Waals surface area contributed by atoms with Crippen molar-refractivity contribution in [3.05, 3.63) is 36.0 Å². The minimum atomic E-state index is 0.312. The molecule has 2 N–H and O–H groups in total. The lowest BCUT2D eigenvalue weighted by Gasteiger charge is -1.96. The van der Waals surface area contributed by atoms with E-state index in [1.165, 1.54) is 16.6 Å². The third kappa shape index (κ3) is 2.60. The number of aromatic nitrogens is 1. The number of benzene rings is 1. The standard InChI is InChI=1S/C13H17NO/c15-9-5-1-2-7-12-10-11-6-3-4-8-13(11)14-12/h3-4,6,8,10,14-15H,1-2,5,7,9H2. The Labute approximate surface area is 89.9 Å². The van der Waals surface area contributed by atoms with Gasteiger partial charge in [0.15, 0.2) is 0 Å². The molecule has 0 fully saturated rings. The summed E-state index contributed by atoms with van der Waals surface area (Å²) in [4.78, 5) is 3.41. The topological polar surface area (TPSA) is 36.0 Å². The molecule has 0 spiro atoms. The third-order valence-electron chi connectivity index (χ3n) is 2.69. The monoisotopic (exact) mass is 203 g/mol. The second kappa shape index (κ2) is 4.99. The predicted molar refractivity (Wildman–Crippen MR) is 62.9 cm³/mol. The Morgan fingerprint density at radius 1 is 1.07 bits per heavy atom. The van der Waals surface area contributed by atoms with Crippen molar-refractivity contribution in [2.24, 2.45) is 0 Å². The van der Waals surface area contributed by atoms with Crippen LogP contribution in [0.15, 0.2) is 30.3 Å². The van der Waals surface area contributed by atoms with Gasteiger partial charge in [-0.2, -0.15) is 0 Å². The van der Waals surface area contributed by atoms with E-state index in [4.69, 9.17) is 5.11 Å². The molecule has 0 unspecified atom stereocenters. The first-order chi connectivity index (χ1) is 7.40. The van der Waals surface area contributed by atoms with Crippen LogP contribution in [0, 0.1) is 0 Å². The number of aliphatic hydroxyl groups is 1. The Morgan fingerprint density at radius 2 is 1.93 bits per heavy atom. The Hall–Kier alpha value is -1.28. The fourth-order valence-corrected chi connectivity index (χ4v) is 1.87. The molecule has 0 aliphatic rings. The van der Waals surface area contributed by atoms with Gasteiger partial charge in [-0.25, -0.2) is 0 Å². The third-order valence-corrected chi connectivity index (χ3v) is 2.69. The maximum Gasteiger partial charge on any atom is 0.0456 e. The number of hydrogen-bond acceptors (Lipinski definition) is 1. The minimum absolute atomic E-state index is 0.312. The molecule has 80 valence electrons. The van der Waals surface area contributed by atoms with E-state index in [1.54, 1.807) is 0 Å². The fraction of sp³-hybridized carbons (Fsp3) is 0.385. The molecule has 15 heavy (non-hydrogen) atoms. The number of para-hydroxylation sites is 1. The summed E-state index contributed by atoms with van der Waals surface area (Å²) in [6, 6.07) is 10.6. The molecular formula is C13H17NO.